The van der Waals surface area contributed by atoms with Gasteiger partial charge in [-0.15, -0.1) is 0 Å². The molecule has 0 saturated heterocycles. The van der Waals surface area contributed by atoms with Crippen molar-refractivity contribution in [1.29, 1.82) is 0 Å². The van der Waals surface area contributed by atoms with E-state index in [0.29, 0.717) is 17.5 Å². The van der Waals surface area contributed by atoms with Crippen molar-refractivity contribution >= 4 is 55.7 Å². The Bertz CT molecular complexity index is 2490. The van der Waals surface area contributed by atoms with Crippen LogP contribution in [0.25, 0.3) is 86.5 Å². The molecule has 0 unspecified atom stereocenters. The second kappa shape index (κ2) is 10.1. The van der Waals surface area contributed by atoms with Gasteiger partial charge in [-0.1, -0.05) is 6.07 Å². The molecule has 5 heteroatoms. The van der Waals surface area contributed by atoms with Crippen LogP contribution in [-0.4, -0.2) is 29.5 Å². The van der Waals surface area contributed by atoms with Gasteiger partial charge in [0.05, 0.1) is 0 Å². The summed E-state index contributed by atoms with van der Waals surface area (Å²) in [5.74, 6) is 1.97. The Hall–Kier alpha value is -5.35. The number of hydrogen-bond acceptors (Lipinski definition) is 4. The average Bonchev–Trinajstić information content (AvgIpc) is 3.67. The van der Waals surface area contributed by atoms with Gasteiger partial charge in [0.15, 0.2) is 0 Å². The molecule has 0 spiro atoms. The van der Waals surface area contributed by atoms with Crippen LogP contribution in [-0.2, 0) is 0 Å². The van der Waals surface area contributed by atoms with E-state index in [2.05, 4.69) is 103 Å². The summed E-state index contributed by atoms with van der Waals surface area (Å²) < 4.78 is 8.93. The fraction of sp³-hybridized carbons (Fsp3) is 0. The molecule has 0 radical (unpaired) electrons. The normalized spacial score (nSPS) is 11.6. The standard InChI is InChI=1S/C39H23N3OSe/c1-2-10-24(11-3-1)25-20-22-26(23-21-25)37-40-38(30-15-9-18-33-35(30)29-13-4-6-17-32(29)43-33)42-39(41-37)31-16-8-14-28-27-12-5-7-19-34(27)44-36(28)31/h1-23H. The predicted octanol–water partition coefficient (Wildman–Crippen LogP) is 9.80. The first-order valence-corrected chi connectivity index (χ1v) is 16.2. The van der Waals surface area contributed by atoms with Gasteiger partial charge in [0.1, 0.15) is 0 Å². The van der Waals surface area contributed by atoms with Crippen LogP contribution in [0.1, 0.15) is 0 Å². The van der Waals surface area contributed by atoms with E-state index in [9.17, 15) is 0 Å². The number of nitrogens with zero attached hydrogens (tertiary/aromatic N) is 3. The molecule has 0 N–H and O–H groups in total. The summed E-state index contributed by atoms with van der Waals surface area (Å²) in [6.07, 6.45) is 0. The number of fused-ring (bicyclic) bond motifs is 6. The third kappa shape index (κ3) is 4.10. The van der Waals surface area contributed by atoms with E-state index in [-0.39, 0.29) is 14.5 Å². The summed E-state index contributed by atoms with van der Waals surface area (Å²) in [6, 6.07) is 48.3. The Morgan fingerprint density at radius 2 is 1.00 bits per heavy atom. The molecule has 0 bridgehead atoms. The summed E-state index contributed by atoms with van der Waals surface area (Å²) in [7, 11) is 0. The van der Waals surface area contributed by atoms with Crippen molar-refractivity contribution in [3.05, 3.63) is 140 Å². The first kappa shape index (κ1) is 25.2. The molecular weight excluding hydrogens is 605 g/mol. The third-order valence-electron chi connectivity index (χ3n) is 8.17. The summed E-state index contributed by atoms with van der Waals surface area (Å²) in [5.41, 5.74) is 6.94. The Balaban J connectivity index is 1.29. The first-order chi connectivity index (χ1) is 21.8. The van der Waals surface area contributed by atoms with Crippen molar-refractivity contribution in [3.8, 4) is 45.3 Å². The van der Waals surface area contributed by atoms with Crippen molar-refractivity contribution < 1.29 is 4.42 Å². The maximum absolute atomic E-state index is 6.23. The maximum atomic E-state index is 6.23. The Morgan fingerprint density at radius 1 is 0.409 bits per heavy atom. The van der Waals surface area contributed by atoms with Crippen LogP contribution < -0.4 is 0 Å². The van der Waals surface area contributed by atoms with Gasteiger partial charge in [0.25, 0.3) is 0 Å². The van der Waals surface area contributed by atoms with Gasteiger partial charge < -0.3 is 0 Å². The van der Waals surface area contributed by atoms with Gasteiger partial charge in [0, 0.05) is 0 Å². The zero-order valence-electron chi connectivity index (χ0n) is 23.4. The molecule has 44 heavy (non-hydrogen) atoms. The Morgan fingerprint density at radius 3 is 1.86 bits per heavy atom. The van der Waals surface area contributed by atoms with E-state index < -0.39 is 0 Å². The molecule has 206 valence electrons. The van der Waals surface area contributed by atoms with Crippen LogP contribution in [0.3, 0.4) is 0 Å². The van der Waals surface area contributed by atoms with Gasteiger partial charge >= 0.3 is 254 Å². The average molecular weight is 629 g/mol. The number of aromatic nitrogens is 3. The fourth-order valence-electron chi connectivity index (χ4n) is 6.07. The molecule has 9 rings (SSSR count). The monoisotopic (exact) mass is 629 g/mol. The quantitative estimate of drug-likeness (QED) is 0.182. The van der Waals surface area contributed by atoms with Crippen LogP contribution in [0, 0.1) is 0 Å². The van der Waals surface area contributed by atoms with Gasteiger partial charge in [-0.3, -0.25) is 0 Å². The zero-order chi connectivity index (χ0) is 29.0. The zero-order valence-corrected chi connectivity index (χ0v) is 25.2. The Kier molecular flexibility index (Phi) is 5.80. The van der Waals surface area contributed by atoms with E-state index in [4.69, 9.17) is 19.4 Å². The van der Waals surface area contributed by atoms with E-state index in [1.165, 1.54) is 24.9 Å². The van der Waals surface area contributed by atoms with Gasteiger partial charge in [-0.25, -0.2) is 0 Å². The van der Waals surface area contributed by atoms with Crippen molar-refractivity contribution in [3.63, 3.8) is 0 Å². The van der Waals surface area contributed by atoms with E-state index >= 15 is 0 Å². The molecule has 3 heterocycles. The molecule has 0 aliphatic carbocycles. The molecule has 9 aromatic rings. The number of benzene rings is 6. The molecule has 0 aliphatic rings. The number of para-hydroxylation sites is 1. The molecule has 0 amide bonds. The van der Waals surface area contributed by atoms with Crippen LogP contribution >= 0.6 is 0 Å². The molecule has 3 aromatic heterocycles. The second-order valence-corrected chi connectivity index (χ2v) is 13.0. The number of hydrogen-bond donors (Lipinski definition) is 0. The minimum atomic E-state index is 0.160. The van der Waals surface area contributed by atoms with Crippen molar-refractivity contribution in [2.45, 2.75) is 0 Å². The summed E-state index contributed by atoms with van der Waals surface area (Å²) in [4.78, 5) is 15.4. The molecule has 6 aromatic carbocycles. The summed E-state index contributed by atoms with van der Waals surface area (Å²) in [6.45, 7) is 0. The molecule has 0 fully saturated rings. The van der Waals surface area contributed by atoms with Crippen LogP contribution in [0.4, 0.5) is 0 Å². The van der Waals surface area contributed by atoms with Gasteiger partial charge in [-0.2, -0.15) is 0 Å². The summed E-state index contributed by atoms with van der Waals surface area (Å²) in [5, 5.41) is 4.65. The van der Waals surface area contributed by atoms with Crippen molar-refractivity contribution in [2.24, 2.45) is 0 Å². The van der Waals surface area contributed by atoms with E-state index in [1.54, 1.807) is 0 Å². The first-order valence-electron chi connectivity index (χ1n) is 14.5. The number of furan rings is 1. The van der Waals surface area contributed by atoms with Gasteiger partial charge in [-0.05, 0) is 0 Å². The summed E-state index contributed by atoms with van der Waals surface area (Å²) >= 11 is 0.160. The molecule has 4 nitrogen and oxygen atoms in total. The Labute approximate surface area is 259 Å². The molecule has 0 aliphatic heterocycles. The predicted molar refractivity (Wildman–Crippen MR) is 181 cm³/mol. The van der Waals surface area contributed by atoms with Crippen molar-refractivity contribution in [2.75, 3.05) is 0 Å². The van der Waals surface area contributed by atoms with Crippen LogP contribution in [0.2, 0.25) is 0 Å². The van der Waals surface area contributed by atoms with Crippen LogP contribution in [0.5, 0.6) is 0 Å². The SMILES string of the molecule is c1ccc(-c2ccc(-c3nc(-c4cccc5c4[se]c4ccccc45)nc(-c4cccc5oc6ccccc6c45)n3)cc2)cc1. The van der Waals surface area contributed by atoms with Crippen LogP contribution in [0.15, 0.2) is 144 Å². The topological polar surface area (TPSA) is 51.8 Å². The second-order valence-electron chi connectivity index (χ2n) is 10.8. The minimum absolute atomic E-state index is 0.160. The van der Waals surface area contributed by atoms with E-state index in [1.807, 2.05) is 36.4 Å². The molecule has 0 atom stereocenters. The van der Waals surface area contributed by atoms with Gasteiger partial charge in [0.2, 0.25) is 0 Å². The fourth-order valence-corrected chi connectivity index (χ4v) is 8.61. The number of rotatable bonds is 4. The van der Waals surface area contributed by atoms with Crippen molar-refractivity contribution in [1.82, 2.24) is 15.0 Å². The van der Waals surface area contributed by atoms with E-state index in [0.717, 1.165) is 44.2 Å². The molecule has 0 saturated carbocycles. The molecular formula is C39H23N3OSe. The third-order valence-corrected chi connectivity index (χ3v) is 10.7.